The van der Waals surface area contributed by atoms with Crippen LogP contribution in [0.4, 0.5) is 5.82 Å². The van der Waals surface area contributed by atoms with Crippen LogP contribution < -0.4 is 4.72 Å². The number of nitrogens with one attached hydrogen (secondary N) is 1. The maximum Gasteiger partial charge on any atom is 0.337 e. The summed E-state index contributed by atoms with van der Waals surface area (Å²) in [4.78, 5) is 15.4. The Morgan fingerprint density at radius 1 is 1.24 bits per heavy atom. The Balaban J connectivity index is 2.42. The molecule has 6 nitrogen and oxygen atoms in total. The number of hydrogen-bond donors (Lipinski definition) is 1. The van der Waals surface area contributed by atoms with Crippen molar-refractivity contribution in [1.82, 2.24) is 4.98 Å². The number of nitrogens with zero attached hydrogens (tertiary/aromatic N) is 1. The molecule has 0 aliphatic heterocycles. The van der Waals surface area contributed by atoms with Crippen molar-refractivity contribution in [2.45, 2.75) is 11.8 Å². The lowest BCUT2D eigenvalue weighted by Crippen LogP contribution is -2.16. The smallest absolute Gasteiger partial charge is 0.337 e. The zero-order chi connectivity index (χ0) is 15.5. The van der Waals surface area contributed by atoms with Gasteiger partial charge in [-0.2, -0.15) is 0 Å². The van der Waals surface area contributed by atoms with E-state index in [1.165, 1.54) is 31.5 Å². The molecule has 0 saturated heterocycles. The van der Waals surface area contributed by atoms with E-state index >= 15 is 0 Å². The number of benzene rings is 1. The van der Waals surface area contributed by atoms with Gasteiger partial charge in [-0.05, 0) is 36.8 Å². The first-order chi connectivity index (χ1) is 9.94. The van der Waals surface area contributed by atoms with E-state index in [0.29, 0.717) is 5.56 Å². The number of esters is 1. The molecular weight excluding hydrogens is 292 g/mol. The first kappa shape index (κ1) is 15.0. The lowest BCUT2D eigenvalue weighted by Gasteiger charge is -2.10. The number of carbonyl (C=O) groups is 1. The molecule has 0 radical (unpaired) electrons. The van der Waals surface area contributed by atoms with Crippen LogP contribution in [-0.2, 0) is 14.8 Å². The Bertz CT molecular complexity index is 758. The highest BCUT2D eigenvalue weighted by molar-refractivity contribution is 7.92. The topological polar surface area (TPSA) is 85.4 Å². The molecule has 2 rings (SSSR count). The quantitative estimate of drug-likeness (QED) is 0.873. The van der Waals surface area contributed by atoms with Gasteiger partial charge in [0.05, 0.1) is 17.6 Å². The van der Waals surface area contributed by atoms with Crippen LogP contribution in [0.5, 0.6) is 0 Å². The van der Waals surface area contributed by atoms with Crippen LogP contribution >= 0.6 is 0 Å². The van der Waals surface area contributed by atoms with Crippen LogP contribution in [-0.4, -0.2) is 26.5 Å². The third-order valence-corrected chi connectivity index (χ3v) is 4.30. The summed E-state index contributed by atoms with van der Waals surface area (Å²) >= 11 is 0. The predicted octanol–water partition coefficient (Wildman–Crippen LogP) is 1.98. The van der Waals surface area contributed by atoms with Crippen molar-refractivity contribution in [2.24, 2.45) is 0 Å². The number of hydrogen-bond acceptors (Lipinski definition) is 5. The van der Waals surface area contributed by atoms with Crippen LogP contribution in [0.2, 0.25) is 0 Å². The predicted molar refractivity (Wildman–Crippen MR) is 77.6 cm³/mol. The van der Waals surface area contributed by atoms with Gasteiger partial charge in [-0.1, -0.05) is 12.1 Å². The van der Waals surface area contributed by atoms with Crippen molar-refractivity contribution < 1.29 is 17.9 Å². The molecule has 1 aromatic carbocycles. The van der Waals surface area contributed by atoms with E-state index in [0.717, 1.165) is 0 Å². The SMILES string of the molecule is COC(=O)c1ccc(C)c(S(=O)(=O)Nc2ccccn2)c1. The summed E-state index contributed by atoms with van der Waals surface area (Å²) in [5, 5.41) is 0. The highest BCUT2D eigenvalue weighted by atomic mass is 32.2. The van der Waals surface area contributed by atoms with Gasteiger partial charge in [0.2, 0.25) is 0 Å². The van der Waals surface area contributed by atoms with Crippen molar-refractivity contribution >= 4 is 21.8 Å². The molecule has 0 aliphatic carbocycles. The van der Waals surface area contributed by atoms with Crippen molar-refractivity contribution in [3.05, 3.63) is 53.7 Å². The summed E-state index contributed by atoms with van der Waals surface area (Å²) in [5.74, 6) is -0.385. The highest BCUT2D eigenvalue weighted by Gasteiger charge is 2.19. The number of sulfonamides is 1. The number of carbonyl (C=O) groups excluding carboxylic acids is 1. The summed E-state index contributed by atoms with van der Waals surface area (Å²) in [6.45, 7) is 1.65. The number of methoxy groups -OCH3 is 1. The molecule has 0 aliphatic rings. The van der Waals surface area contributed by atoms with Gasteiger partial charge in [-0.15, -0.1) is 0 Å². The molecule has 0 spiro atoms. The standard InChI is InChI=1S/C14H14N2O4S/c1-10-6-7-11(14(17)20-2)9-12(10)21(18,19)16-13-5-3-4-8-15-13/h3-9H,1-2H3,(H,15,16). The Kier molecular flexibility index (Phi) is 4.23. The van der Waals surface area contributed by atoms with E-state index in [1.807, 2.05) is 0 Å². The molecule has 1 heterocycles. The number of ether oxygens (including phenoxy) is 1. The highest BCUT2D eigenvalue weighted by Crippen LogP contribution is 2.20. The van der Waals surface area contributed by atoms with Crippen LogP contribution in [0, 0.1) is 6.92 Å². The summed E-state index contributed by atoms with van der Waals surface area (Å²) < 4.78 is 31.7. The van der Waals surface area contributed by atoms with Crippen molar-refractivity contribution in [2.75, 3.05) is 11.8 Å². The molecule has 0 unspecified atom stereocenters. The van der Waals surface area contributed by atoms with E-state index < -0.39 is 16.0 Å². The Hall–Kier alpha value is -2.41. The van der Waals surface area contributed by atoms with Gasteiger partial charge in [0, 0.05) is 6.20 Å². The minimum atomic E-state index is -3.83. The minimum Gasteiger partial charge on any atom is -0.465 e. The average molecular weight is 306 g/mol. The van der Waals surface area contributed by atoms with E-state index in [2.05, 4.69) is 14.4 Å². The maximum absolute atomic E-state index is 12.4. The molecule has 2 aromatic rings. The summed E-state index contributed by atoms with van der Waals surface area (Å²) in [6, 6.07) is 9.24. The average Bonchev–Trinajstić information content (AvgIpc) is 2.47. The molecule has 110 valence electrons. The van der Waals surface area contributed by atoms with Crippen LogP contribution in [0.15, 0.2) is 47.5 Å². The second kappa shape index (κ2) is 5.92. The van der Waals surface area contributed by atoms with E-state index in [4.69, 9.17) is 0 Å². The molecule has 0 bridgehead atoms. The van der Waals surface area contributed by atoms with Crippen molar-refractivity contribution in [3.8, 4) is 0 Å². The normalized spacial score (nSPS) is 11.0. The Labute approximate surface area is 122 Å². The van der Waals surface area contributed by atoms with Gasteiger partial charge >= 0.3 is 5.97 Å². The third-order valence-electron chi connectivity index (χ3n) is 2.80. The Morgan fingerprint density at radius 3 is 2.62 bits per heavy atom. The van der Waals surface area contributed by atoms with E-state index in [-0.39, 0.29) is 16.3 Å². The molecule has 1 aromatic heterocycles. The molecular formula is C14H14N2O4S. The molecule has 0 fully saturated rings. The monoisotopic (exact) mass is 306 g/mol. The number of rotatable bonds is 4. The summed E-state index contributed by atoms with van der Waals surface area (Å²) in [7, 11) is -2.59. The van der Waals surface area contributed by atoms with Gasteiger partial charge in [-0.3, -0.25) is 4.72 Å². The summed E-state index contributed by atoms with van der Waals surface area (Å²) in [5.41, 5.74) is 0.690. The van der Waals surface area contributed by atoms with Crippen molar-refractivity contribution in [1.29, 1.82) is 0 Å². The molecule has 0 saturated carbocycles. The van der Waals surface area contributed by atoms with Crippen LogP contribution in [0.3, 0.4) is 0 Å². The zero-order valence-electron chi connectivity index (χ0n) is 11.5. The first-order valence-electron chi connectivity index (χ1n) is 6.07. The molecule has 0 amide bonds. The second-order valence-corrected chi connectivity index (χ2v) is 5.94. The van der Waals surface area contributed by atoms with Gasteiger partial charge < -0.3 is 4.74 Å². The van der Waals surface area contributed by atoms with E-state index in [1.54, 1.807) is 25.1 Å². The summed E-state index contributed by atoms with van der Waals surface area (Å²) in [6.07, 6.45) is 1.48. The lowest BCUT2D eigenvalue weighted by atomic mass is 10.1. The van der Waals surface area contributed by atoms with Gasteiger partial charge in [-0.25, -0.2) is 18.2 Å². The fourth-order valence-electron chi connectivity index (χ4n) is 1.75. The van der Waals surface area contributed by atoms with Crippen molar-refractivity contribution in [3.63, 3.8) is 0 Å². The van der Waals surface area contributed by atoms with Gasteiger partial charge in [0.1, 0.15) is 5.82 Å². The minimum absolute atomic E-state index is 0.0102. The maximum atomic E-state index is 12.4. The Morgan fingerprint density at radius 2 is 2.00 bits per heavy atom. The van der Waals surface area contributed by atoms with Crippen LogP contribution in [0.1, 0.15) is 15.9 Å². The number of aryl methyl sites for hydroxylation is 1. The number of anilines is 1. The molecule has 7 heteroatoms. The first-order valence-corrected chi connectivity index (χ1v) is 7.55. The lowest BCUT2D eigenvalue weighted by molar-refractivity contribution is 0.0600. The molecule has 1 N–H and O–H groups in total. The molecule has 0 atom stereocenters. The fraction of sp³-hybridized carbons (Fsp3) is 0.143. The zero-order valence-corrected chi connectivity index (χ0v) is 12.3. The largest absolute Gasteiger partial charge is 0.465 e. The number of pyridine rings is 1. The van der Waals surface area contributed by atoms with E-state index in [9.17, 15) is 13.2 Å². The number of aromatic nitrogens is 1. The van der Waals surface area contributed by atoms with Gasteiger partial charge in [0.15, 0.2) is 0 Å². The van der Waals surface area contributed by atoms with Crippen LogP contribution in [0.25, 0.3) is 0 Å². The third kappa shape index (κ3) is 3.38. The fourth-order valence-corrected chi connectivity index (χ4v) is 3.03. The molecule has 21 heavy (non-hydrogen) atoms. The van der Waals surface area contributed by atoms with Gasteiger partial charge in [0.25, 0.3) is 10.0 Å². The second-order valence-electron chi connectivity index (χ2n) is 4.29.